The predicted octanol–water partition coefficient (Wildman–Crippen LogP) is 4.11. The summed E-state index contributed by atoms with van der Waals surface area (Å²) in [6.07, 6.45) is 6.51. The first-order chi connectivity index (χ1) is 17.3. The summed E-state index contributed by atoms with van der Waals surface area (Å²) >= 11 is 0. The molecule has 37 heavy (non-hydrogen) atoms. The fourth-order valence-electron chi connectivity index (χ4n) is 4.91. The number of rotatable bonds is 7. The molecule has 1 aliphatic carbocycles. The van der Waals surface area contributed by atoms with Crippen LogP contribution in [0.25, 0.3) is 11.0 Å². The predicted molar refractivity (Wildman–Crippen MR) is 141 cm³/mol. The minimum atomic E-state index is -3.85. The van der Waals surface area contributed by atoms with Crippen LogP contribution >= 0.6 is 0 Å². The molecule has 2 aromatic heterocycles. The first kappa shape index (κ1) is 26.8. The largest absolute Gasteiger partial charge is 0.465 e. The number of anilines is 2. The van der Waals surface area contributed by atoms with Crippen LogP contribution in [-0.2, 0) is 16.6 Å². The molecule has 4 N–H and O–H groups in total. The third-order valence-corrected chi connectivity index (χ3v) is 8.06. The van der Waals surface area contributed by atoms with E-state index < -0.39 is 21.7 Å². The Balaban J connectivity index is 1.43. The maximum Gasteiger partial charge on any atom is 0.407 e. The number of hydrogen-bond donors (Lipinski definition) is 3. The highest BCUT2D eigenvalue weighted by Gasteiger charge is 2.31. The molecule has 4 rings (SSSR count). The van der Waals surface area contributed by atoms with Crippen molar-refractivity contribution < 1.29 is 18.3 Å². The molecule has 1 amide bonds. The third kappa shape index (κ3) is 6.37. The molecule has 2 heterocycles. The molecule has 200 valence electrons. The van der Waals surface area contributed by atoms with Gasteiger partial charge in [0.2, 0.25) is 16.0 Å². The lowest BCUT2D eigenvalue weighted by atomic mass is 9.81. The SMILES string of the molecule is Cc1ccc(Nc2ncc3cnn(C[C@H]4CC[C@H](CN(C(=O)O)C(C)(C)C)CC4)c3n2)cc1S(N)(=O)=O. The van der Waals surface area contributed by atoms with Crippen LogP contribution in [0.5, 0.6) is 0 Å². The molecule has 0 radical (unpaired) electrons. The highest BCUT2D eigenvalue weighted by Crippen LogP contribution is 2.32. The monoisotopic (exact) mass is 529 g/mol. The number of carbonyl (C=O) groups is 1. The van der Waals surface area contributed by atoms with Gasteiger partial charge < -0.3 is 15.3 Å². The average molecular weight is 530 g/mol. The summed E-state index contributed by atoms with van der Waals surface area (Å²) in [5, 5.41) is 23.3. The molecular weight excluding hydrogens is 494 g/mol. The van der Waals surface area contributed by atoms with E-state index in [0.717, 1.165) is 31.1 Å². The number of nitrogens with one attached hydrogen (secondary N) is 1. The Morgan fingerprint density at radius 3 is 2.49 bits per heavy atom. The molecule has 0 aliphatic heterocycles. The van der Waals surface area contributed by atoms with Gasteiger partial charge in [-0.15, -0.1) is 0 Å². The number of hydrogen-bond acceptors (Lipinski definition) is 7. The molecule has 0 atom stereocenters. The van der Waals surface area contributed by atoms with Crippen molar-refractivity contribution in [1.29, 1.82) is 0 Å². The number of aromatic nitrogens is 4. The van der Waals surface area contributed by atoms with E-state index >= 15 is 0 Å². The summed E-state index contributed by atoms with van der Waals surface area (Å²) < 4.78 is 25.6. The number of nitrogens with two attached hydrogens (primary N) is 1. The highest BCUT2D eigenvalue weighted by molar-refractivity contribution is 7.89. The number of fused-ring (bicyclic) bond motifs is 1. The number of benzene rings is 1. The van der Waals surface area contributed by atoms with E-state index in [4.69, 9.17) is 5.14 Å². The Bertz CT molecular complexity index is 1390. The maximum absolute atomic E-state index is 11.9. The van der Waals surface area contributed by atoms with E-state index in [2.05, 4.69) is 20.4 Å². The summed E-state index contributed by atoms with van der Waals surface area (Å²) in [4.78, 5) is 22.3. The smallest absolute Gasteiger partial charge is 0.407 e. The molecule has 3 aromatic rings. The molecule has 11 nitrogen and oxygen atoms in total. The zero-order valence-electron chi connectivity index (χ0n) is 21.7. The van der Waals surface area contributed by atoms with Crippen LogP contribution in [0, 0.1) is 18.8 Å². The van der Waals surface area contributed by atoms with E-state index in [1.807, 2.05) is 25.5 Å². The number of amides is 1. The van der Waals surface area contributed by atoms with Crippen LogP contribution in [0.4, 0.5) is 16.4 Å². The van der Waals surface area contributed by atoms with Crippen LogP contribution < -0.4 is 10.5 Å². The van der Waals surface area contributed by atoms with E-state index in [1.54, 1.807) is 36.4 Å². The molecule has 0 bridgehead atoms. The molecule has 0 spiro atoms. The second-order valence-corrected chi connectivity index (χ2v) is 12.4. The van der Waals surface area contributed by atoms with Crippen LogP contribution in [0.3, 0.4) is 0 Å². The first-order valence-electron chi connectivity index (χ1n) is 12.4. The Labute approximate surface area is 217 Å². The normalized spacial score (nSPS) is 18.6. The number of sulfonamides is 1. The van der Waals surface area contributed by atoms with Crippen molar-refractivity contribution in [3.63, 3.8) is 0 Å². The molecule has 1 aliphatic rings. The van der Waals surface area contributed by atoms with Crippen LogP contribution in [0.15, 0.2) is 35.5 Å². The lowest BCUT2D eigenvalue weighted by Crippen LogP contribution is -2.47. The van der Waals surface area contributed by atoms with Gasteiger partial charge in [0, 0.05) is 30.5 Å². The van der Waals surface area contributed by atoms with Crippen LogP contribution in [0.2, 0.25) is 0 Å². The lowest BCUT2D eigenvalue weighted by Gasteiger charge is -2.38. The highest BCUT2D eigenvalue weighted by atomic mass is 32.2. The summed E-state index contributed by atoms with van der Waals surface area (Å²) in [6, 6.07) is 4.90. The fourth-order valence-corrected chi connectivity index (χ4v) is 5.72. The molecule has 0 saturated heterocycles. The van der Waals surface area contributed by atoms with Crippen molar-refractivity contribution in [3.05, 3.63) is 36.2 Å². The van der Waals surface area contributed by atoms with Crippen molar-refractivity contribution in [2.75, 3.05) is 11.9 Å². The topological polar surface area (TPSA) is 156 Å². The van der Waals surface area contributed by atoms with Gasteiger partial charge in [-0.25, -0.2) is 28.0 Å². The standard InChI is InChI=1S/C25H35N7O4S/c1-16-5-10-20(11-21(16)37(26,35)36)29-23-27-12-19-13-28-32(22(19)30-23)15-18-8-6-17(7-9-18)14-31(24(33)34)25(2,3)4/h5,10-13,17-18H,6-9,14-15H2,1-4H3,(H,33,34)(H2,26,35,36)(H,27,29,30)/t17-,18-. The maximum atomic E-state index is 11.9. The van der Waals surface area contributed by atoms with E-state index in [9.17, 15) is 18.3 Å². The quantitative estimate of drug-likeness (QED) is 0.413. The Morgan fingerprint density at radius 2 is 1.86 bits per heavy atom. The number of primary sulfonamides is 1. The Kier molecular flexibility index (Phi) is 7.43. The lowest BCUT2D eigenvalue weighted by molar-refractivity contribution is 0.0789. The first-order valence-corrected chi connectivity index (χ1v) is 14.0. The van der Waals surface area contributed by atoms with Gasteiger partial charge in [0.05, 0.1) is 16.5 Å². The number of nitrogens with zero attached hydrogens (tertiary/aromatic N) is 5. The van der Waals surface area contributed by atoms with Gasteiger partial charge >= 0.3 is 6.09 Å². The van der Waals surface area contributed by atoms with Crippen molar-refractivity contribution in [2.24, 2.45) is 17.0 Å². The van der Waals surface area contributed by atoms with E-state index in [-0.39, 0.29) is 4.90 Å². The zero-order chi connectivity index (χ0) is 27.0. The number of carboxylic acid groups (broad SMARTS) is 1. The summed E-state index contributed by atoms with van der Waals surface area (Å²) in [5.41, 5.74) is 1.36. The van der Waals surface area contributed by atoms with Gasteiger partial charge in [-0.05, 0) is 82.9 Å². The molecule has 12 heteroatoms. The minimum absolute atomic E-state index is 0.0493. The zero-order valence-corrected chi connectivity index (χ0v) is 22.5. The Morgan fingerprint density at radius 1 is 1.19 bits per heavy atom. The van der Waals surface area contributed by atoms with Crippen LogP contribution in [0.1, 0.15) is 52.0 Å². The molecular formula is C25H35N7O4S. The van der Waals surface area contributed by atoms with Crippen molar-refractivity contribution in [3.8, 4) is 0 Å². The molecule has 1 fully saturated rings. The van der Waals surface area contributed by atoms with Gasteiger partial charge in [0.25, 0.3) is 0 Å². The minimum Gasteiger partial charge on any atom is -0.465 e. The van der Waals surface area contributed by atoms with Gasteiger partial charge in [-0.2, -0.15) is 10.1 Å². The summed E-state index contributed by atoms with van der Waals surface area (Å²) in [6.45, 7) is 8.75. The fraction of sp³-hybridized carbons (Fsp3) is 0.520. The van der Waals surface area contributed by atoms with Gasteiger partial charge in [-0.1, -0.05) is 6.07 Å². The second kappa shape index (κ2) is 10.3. The summed E-state index contributed by atoms with van der Waals surface area (Å²) in [5.74, 6) is 1.11. The third-order valence-electron chi connectivity index (χ3n) is 7.01. The van der Waals surface area contributed by atoms with Gasteiger partial charge in [0.1, 0.15) is 0 Å². The molecule has 0 unspecified atom stereocenters. The summed E-state index contributed by atoms with van der Waals surface area (Å²) in [7, 11) is -3.85. The average Bonchev–Trinajstić information content (AvgIpc) is 3.20. The van der Waals surface area contributed by atoms with Gasteiger partial charge in [0.15, 0.2) is 5.65 Å². The number of aryl methyl sites for hydroxylation is 1. The van der Waals surface area contributed by atoms with E-state index in [0.29, 0.717) is 47.8 Å². The Hall–Kier alpha value is -3.25. The molecule has 1 saturated carbocycles. The van der Waals surface area contributed by atoms with Crippen molar-refractivity contribution in [1.82, 2.24) is 24.6 Å². The van der Waals surface area contributed by atoms with Crippen molar-refractivity contribution in [2.45, 2.75) is 70.4 Å². The van der Waals surface area contributed by atoms with Crippen LogP contribution in [-0.4, -0.2) is 56.3 Å². The molecule has 1 aromatic carbocycles. The van der Waals surface area contributed by atoms with Gasteiger partial charge in [-0.3, -0.25) is 0 Å². The van der Waals surface area contributed by atoms with Crippen molar-refractivity contribution >= 4 is 38.8 Å². The van der Waals surface area contributed by atoms with E-state index in [1.165, 1.54) is 6.07 Å². The second-order valence-electron chi connectivity index (χ2n) is 10.9.